The van der Waals surface area contributed by atoms with Crippen LogP contribution in [0.5, 0.6) is 0 Å². The van der Waals surface area contributed by atoms with Crippen LogP contribution in [0.25, 0.3) is 0 Å². The number of hydrogen-bond donors (Lipinski definition) is 0. The molecular weight excluding hydrogens is 332 g/mol. The summed E-state index contributed by atoms with van der Waals surface area (Å²) in [5, 5.41) is 0. The van der Waals surface area contributed by atoms with Crippen molar-refractivity contribution in [2.24, 2.45) is 13.0 Å². The maximum absolute atomic E-state index is 13.0. The zero-order valence-electron chi connectivity index (χ0n) is 17.3. The third kappa shape index (κ3) is 4.74. The Hall–Kier alpha value is -2.11. The molecule has 1 rings (SSSR count). The van der Waals surface area contributed by atoms with E-state index in [-0.39, 0.29) is 36.8 Å². The summed E-state index contributed by atoms with van der Waals surface area (Å²) in [6.07, 6.45) is 0.409. The van der Waals surface area contributed by atoms with E-state index in [1.807, 2.05) is 27.7 Å². The van der Waals surface area contributed by atoms with Crippen LogP contribution in [0.3, 0.4) is 0 Å². The van der Waals surface area contributed by atoms with Gasteiger partial charge in [-0.1, -0.05) is 13.8 Å². The third-order valence-corrected chi connectivity index (χ3v) is 4.52. The lowest BCUT2D eigenvalue weighted by molar-refractivity contribution is -0.133. The second-order valence-electron chi connectivity index (χ2n) is 7.35. The quantitative estimate of drug-likeness (QED) is 0.524. The number of nitrogens with zero attached hydrogens (tertiary/aromatic N) is 2. The molecule has 0 atom stereocenters. The molecule has 6 heteroatoms. The van der Waals surface area contributed by atoms with E-state index in [9.17, 15) is 14.4 Å². The molecule has 0 saturated heterocycles. The van der Waals surface area contributed by atoms with E-state index in [0.717, 1.165) is 0 Å². The van der Waals surface area contributed by atoms with Gasteiger partial charge in [0.2, 0.25) is 5.91 Å². The molecule has 6 nitrogen and oxygen atoms in total. The smallest absolute Gasteiger partial charge is 0.355 e. The van der Waals surface area contributed by atoms with Gasteiger partial charge in [0.15, 0.2) is 5.78 Å². The number of esters is 1. The Bertz CT molecular complexity index is 686. The molecule has 0 N–H and O–H groups in total. The maximum Gasteiger partial charge on any atom is 0.355 e. The molecule has 0 spiro atoms. The highest BCUT2D eigenvalue weighted by molar-refractivity contribution is 6.04. The number of ether oxygens (including phenoxy) is 1. The topological polar surface area (TPSA) is 68.6 Å². The van der Waals surface area contributed by atoms with Gasteiger partial charge in [-0.3, -0.25) is 9.59 Å². The van der Waals surface area contributed by atoms with E-state index >= 15 is 0 Å². The number of hydrogen-bond acceptors (Lipinski definition) is 4. The van der Waals surface area contributed by atoms with Crippen LogP contribution in [0.1, 0.15) is 73.1 Å². The van der Waals surface area contributed by atoms with Crippen LogP contribution >= 0.6 is 0 Å². The van der Waals surface area contributed by atoms with Crippen molar-refractivity contribution in [2.45, 2.75) is 60.9 Å². The number of Topliss-reactive ketones (excluding diaryl/α,β-unsaturated/α-hetero) is 1. The summed E-state index contributed by atoms with van der Waals surface area (Å²) in [5.41, 5.74) is 2.19. The zero-order chi connectivity index (χ0) is 20.2. The van der Waals surface area contributed by atoms with E-state index in [1.165, 1.54) is 0 Å². The largest absolute Gasteiger partial charge is 0.461 e. The standard InChI is InChI=1S/C20H32N2O4/c1-9-26-20(25)19-14(6)18(15(7)21(19)8)16(23)11-22(13(4)5)17(24)10-12(2)3/h12-13H,9-11H2,1-8H3. The van der Waals surface area contributed by atoms with Gasteiger partial charge in [0.25, 0.3) is 0 Å². The Labute approximate surface area is 156 Å². The average Bonchev–Trinajstić information content (AvgIpc) is 2.73. The molecule has 1 heterocycles. The molecule has 1 aromatic rings. The normalized spacial score (nSPS) is 11.2. The first kappa shape index (κ1) is 21.9. The molecule has 0 saturated carbocycles. The first-order valence-electron chi connectivity index (χ1n) is 9.18. The molecule has 0 radical (unpaired) electrons. The van der Waals surface area contributed by atoms with Crippen molar-refractivity contribution in [2.75, 3.05) is 13.2 Å². The third-order valence-electron chi connectivity index (χ3n) is 4.52. The maximum atomic E-state index is 13.0. The predicted octanol–water partition coefficient (Wildman–Crippen LogP) is 3.28. The van der Waals surface area contributed by atoms with Crippen molar-refractivity contribution in [3.8, 4) is 0 Å². The second kappa shape index (κ2) is 9.01. The molecule has 0 aromatic carbocycles. The second-order valence-corrected chi connectivity index (χ2v) is 7.35. The van der Waals surface area contributed by atoms with Gasteiger partial charge >= 0.3 is 5.97 Å². The van der Waals surface area contributed by atoms with Gasteiger partial charge in [-0.25, -0.2) is 4.79 Å². The van der Waals surface area contributed by atoms with Gasteiger partial charge in [0, 0.05) is 30.8 Å². The summed E-state index contributed by atoms with van der Waals surface area (Å²) in [4.78, 5) is 39.3. The van der Waals surface area contributed by atoms with Gasteiger partial charge < -0.3 is 14.2 Å². The summed E-state index contributed by atoms with van der Waals surface area (Å²) in [6.45, 7) is 13.4. The van der Waals surface area contributed by atoms with Gasteiger partial charge in [0.1, 0.15) is 5.69 Å². The van der Waals surface area contributed by atoms with Crippen LogP contribution < -0.4 is 0 Å². The highest BCUT2D eigenvalue weighted by Gasteiger charge is 2.28. The molecule has 26 heavy (non-hydrogen) atoms. The molecule has 146 valence electrons. The number of rotatable bonds is 8. The fourth-order valence-electron chi connectivity index (χ4n) is 3.14. The summed E-state index contributed by atoms with van der Waals surface area (Å²) in [7, 11) is 1.75. The molecular formula is C20H32N2O4. The summed E-state index contributed by atoms with van der Waals surface area (Å²) < 4.78 is 6.79. The Morgan fingerprint density at radius 2 is 1.69 bits per heavy atom. The van der Waals surface area contributed by atoms with Crippen LogP contribution in [0.4, 0.5) is 0 Å². The molecule has 1 amide bonds. The first-order chi connectivity index (χ1) is 12.0. The summed E-state index contributed by atoms with van der Waals surface area (Å²) >= 11 is 0. The number of amides is 1. The lowest BCUT2D eigenvalue weighted by Gasteiger charge is -2.27. The Morgan fingerprint density at radius 1 is 1.12 bits per heavy atom. The minimum atomic E-state index is -0.439. The van der Waals surface area contributed by atoms with Crippen molar-refractivity contribution < 1.29 is 19.1 Å². The number of aromatic nitrogens is 1. The molecule has 0 aliphatic carbocycles. The lowest BCUT2D eigenvalue weighted by Crippen LogP contribution is -2.41. The highest BCUT2D eigenvalue weighted by Crippen LogP contribution is 2.23. The van der Waals surface area contributed by atoms with Crippen molar-refractivity contribution in [1.82, 2.24) is 9.47 Å². The Balaban J connectivity index is 3.18. The summed E-state index contributed by atoms with van der Waals surface area (Å²) in [6, 6.07) is -0.0703. The van der Waals surface area contributed by atoms with Crippen LogP contribution in [-0.2, 0) is 16.6 Å². The molecule has 0 unspecified atom stereocenters. The number of carbonyl (C=O) groups is 3. The van der Waals surface area contributed by atoms with Crippen LogP contribution in [-0.4, -0.2) is 46.3 Å². The van der Waals surface area contributed by atoms with Crippen molar-refractivity contribution in [1.29, 1.82) is 0 Å². The monoisotopic (exact) mass is 364 g/mol. The van der Waals surface area contributed by atoms with Gasteiger partial charge in [-0.15, -0.1) is 0 Å². The van der Waals surface area contributed by atoms with Crippen LogP contribution in [0, 0.1) is 19.8 Å². The lowest BCUT2D eigenvalue weighted by atomic mass is 10.0. The Morgan fingerprint density at radius 3 is 2.15 bits per heavy atom. The number of ketones is 1. The molecule has 0 aliphatic rings. The fraction of sp³-hybridized carbons (Fsp3) is 0.650. The molecule has 0 aliphatic heterocycles. The molecule has 0 fully saturated rings. The Kier molecular flexibility index (Phi) is 7.60. The van der Waals surface area contributed by atoms with Crippen molar-refractivity contribution in [3.63, 3.8) is 0 Å². The van der Waals surface area contributed by atoms with Crippen LogP contribution in [0.2, 0.25) is 0 Å². The summed E-state index contributed by atoms with van der Waals surface area (Å²) in [5.74, 6) is -0.391. The van der Waals surface area contributed by atoms with Gasteiger partial charge in [-0.05, 0) is 46.1 Å². The molecule has 0 bridgehead atoms. The fourth-order valence-corrected chi connectivity index (χ4v) is 3.14. The number of carbonyl (C=O) groups excluding carboxylic acids is 3. The van der Waals surface area contributed by atoms with Crippen molar-refractivity contribution >= 4 is 17.7 Å². The molecule has 1 aromatic heterocycles. The minimum Gasteiger partial charge on any atom is -0.461 e. The van der Waals surface area contributed by atoms with E-state index < -0.39 is 5.97 Å². The first-order valence-corrected chi connectivity index (χ1v) is 9.18. The highest BCUT2D eigenvalue weighted by atomic mass is 16.5. The van der Waals surface area contributed by atoms with E-state index in [4.69, 9.17) is 4.74 Å². The van der Waals surface area contributed by atoms with E-state index in [2.05, 4.69) is 0 Å². The van der Waals surface area contributed by atoms with Gasteiger partial charge in [-0.2, -0.15) is 0 Å². The van der Waals surface area contributed by atoms with Gasteiger partial charge in [0.05, 0.1) is 13.2 Å². The SMILES string of the molecule is CCOC(=O)c1c(C)c(C(=O)CN(C(=O)CC(C)C)C(C)C)c(C)n1C. The van der Waals surface area contributed by atoms with E-state index in [0.29, 0.717) is 28.9 Å². The van der Waals surface area contributed by atoms with Crippen LogP contribution in [0.15, 0.2) is 0 Å². The minimum absolute atomic E-state index is 0.0111. The zero-order valence-corrected chi connectivity index (χ0v) is 17.3. The predicted molar refractivity (Wildman–Crippen MR) is 101 cm³/mol. The average molecular weight is 364 g/mol. The van der Waals surface area contributed by atoms with Crippen molar-refractivity contribution in [3.05, 3.63) is 22.5 Å². The van der Waals surface area contributed by atoms with E-state index in [1.54, 1.807) is 37.3 Å².